The van der Waals surface area contributed by atoms with E-state index < -0.39 is 10.3 Å². The summed E-state index contributed by atoms with van der Waals surface area (Å²) in [6.07, 6.45) is 9.69. The van der Waals surface area contributed by atoms with Crippen LogP contribution in [-0.2, 0) is 23.4 Å². The molecule has 2 rings (SSSR count). The first-order valence-electron chi connectivity index (χ1n) is 6.78. The Morgan fingerprint density at radius 1 is 1.47 bits per heavy atom. The van der Waals surface area contributed by atoms with Crippen LogP contribution in [0, 0.1) is 0 Å². The summed E-state index contributed by atoms with van der Waals surface area (Å²) in [5.41, 5.74) is 0. The minimum absolute atomic E-state index is 0.200. The van der Waals surface area contributed by atoms with Gasteiger partial charge in [0.2, 0.25) is 6.33 Å². The first-order chi connectivity index (χ1) is 9.00. The molecule has 1 aliphatic heterocycles. The molecular weight excluding hydrogens is 266 g/mol. The van der Waals surface area contributed by atoms with Crippen molar-refractivity contribution >= 4 is 10.3 Å². The predicted octanol–water partition coefficient (Wildman–Crippen LogP) is 0.500. The molecule has 0 spiro atoms. The summed E-state index contributed by atoms with van der Waals surface area (Å²) in [6.45, 7) is 4.03. The van der Waals surface area contributed by atoms with Crippen LogP contribution >= 0.6 is 0 Å². The van der Waals surface area contributed by atoms with Crippen LogP contribution in [-0.4, -0.2) is 34.4 Å². The lowest BCUT2D eigenvalue weighted by Crippen LogP contribution is -2.46. The van der Waals surface area contributed by atoms with E-state index in [2.05, 4.69) is 11.5 Å². The molecule has 0 bridgehead atoms. The quantitative estimate of drug-likeness (QED) is 0.565. The van der Waals surface area contributed by atoms with E-state index >= 15 is 0 Å². The van der Waals surface area contributed by atoms with Crippen molar-refractivity contribution in [2.45, 2.75) is 51.7 Å². The molecule has 0 aliphatic carbocycles. The molecule has 1 aromatic rings. The standard InChI is InChI=1S/C12H21N3O3S/c1-2-3-6-13-8-9-14(11-13)10-12-5-4-7-15(12)19(16,17)18/h8-9,11-12H,2-7,10H2,1H3/t12-/m0/s1. The van der Waals surface area contributed by atoms with Gasteiger partial charge in [0.15, 0.2) is 10.3 Å². The van der Waals surface area contributed by atoms with Gasteiger partial charge in [-0.25, -0.2) is 21.9 Å². The van der Waals surface area contributed by atoms with Crippen molar-refractivity contribution in [3.8, 4) is 0 Å². The fourth-order valence-corrected chi connectivity index (χ4v) is 3.44. The molecule has 1 aliphatic rings. The second kappa shape index (κ2) is 6.02. The smallest absolute Gasteiger partial charge is 0.243 e. The van der Waals surface area contributed by atoms with Gasteiger partial charge in [0.25, 0.3) is 0 Å². The van der Waals surface area contributed by atoms with Crippen molar-refractivity contribution in [1.82, 2.24) is 8.87 Å². The summed E-state index contributed by atoms with van der Waals surface area (Å²) in [4.78, 5) is 0. The Morgan fingerprint density at radius 3 is 2.95 bits per heavy atom. The normalized spacial score (nSPS) is 21.1. The Balaban J connectivity index is 1.98. The molecule has 7 heteroatoms. The van der Waals surface area contributed by atoms with Crippen molar-refractivity contribution in [3.63, 3.8) is 0 Å². The lowest BCUT2D eigenvalue weighted by molar-refractivity contribution is -0.699. The molecule has 19 heavy (non-hydrogen) atoms. The highest BCUT2D eigenvalue weighted by atomic mass is 32.2. The number of nitrogens with zero attached hydrogens (tertiary/aromatic N) is 3. The average molecular weight is 287 g/mol. The molecule has 0 aromatic carbocycles. The Labute approximate surface area is 114 Å². The fourth-order valence-electron chi connectivity index (χ4n) is 2.55. The average Bonchev–Trinajstić information content (AvgIpc) is 2.95. The maximum Gasteiger partial charge on any atom is 0.243 e. The molecule has 0 saturated carbocycles. The van der Waals surface area contributed by atoms with E-state index in [4.69, 9.17) is 0 Å². The molecule has 0 unspecified atom stereocenters. The van der Waals surface area contributed by atoms with Gasteiger partial charge in [0.1, 0.15) is 18.9 Å². The SMILES string of the molecule is CCCCn1cc[n+](C[C@@H]2CCCN2S(=O)(=O)[O-])c1. The van der Waals surface area contributed by atoms with Gasteiger partial charge >= 0.3 is 0 Å². The number of imidazole rings is 1. The molecule has 1 saturated heterocycles. The van der Waals surface area contributed by atoms with Crippen LogP contribution in [0.5, 0.6) is 0 Å². The van der Waals surface area contributed by atoms with Crippen LogP contribution in [0.1, 0.15) is 32.6 Å². The Kier molecular flexibility index (Phi) is 4.59. The van der Waals surface area contributed by atoms with E-state index in [-0.39, 0.29) is 6.04 Å². The highest BCUT2D eigenvalue weighted by molar-refractivity contribution is 7.83. The molecule has 1 fully saturated rings. The van der Waals surface area contributed by atoms with E-state index in [0.29, 0.717) is 13.1 Å². The third-order valence-corrected chi connectivity index (χ3v) is 4.60. The summed E-state index contributed by atoms with van der Waals surface area (Å²) in [5, 5.41) is 0. The number of hydrogen-bond acceptors (Lipinski definition) is 3. The highest BCUT2D eigenvalue weighted by Gasteiger charge is 2.30. The zero-order valence-corrected chi connectivity index (χ0v) is 12.1. The second-order valence-electron chi connectivity index (χ2n) is 5.07. The lowest BCUT2D eigenvalue weighted by atomic mass is 10.2. The fraction of sp³-hybridized carbons (Fsp3) is 0.750. The summed E-state index contributed by atoms with van der Waals surface area (Å²) >= 11 is 0. The summed E-state index contributed by atoms with van der Waals surface area (Å²) < 4.78 is 38.6. The Bertz CT molecular complexity index is 512. The number of rotatable bonds is 6. The van der Waals surface area contributed by atoms with Crippen LogP contribution < -0.4 is 4.57 Å². The Morgan fingerprint density at radius 2 is 2.26 bits per heavy atom. The molecule has 108 valence electrons. The third kappa shape index (κ3) is 3.77. The van der Waals surface area contributed by atoms with E-state index in [1.165, 1.54) is 0 Å². The second-order valence-corrected chi connectivity index (χ2v) is 6.39. The molecular formula is C12H21N3O3S. The first-order valence-corrected chi connectivity index (χ1v) is 8.14. The number of hydrogen-bond donors (Lipinski definition) is 0. The topological polar surface area (TPSA) is 69.2 Å². The van der Waals surface area contributed by atoms with E-state index in [0.717, 1.165) is 36.5 Å². The molecule has 2 heterocycles. The van der Waals surface area contributed by atoms with Crippen LogP contribution in [0.3, 0.4) is 0 Å². The van der Waals surface area contributed by atoms with Crippen molar-refractivity contribution < 1.29 is 17.5 Å². The minimum Gasteiger partial charge on any atom is -0.735 e. The molecule has 6 nitrogen and oxygen atoms in total. The molecule has 1 atom stereocenters. The summed E-state index contributed by atoms with van der Waals surface area (Å²) in [5.74, 6) is 0. The van der Waals surface area contributed by atoms with Crippen LogP contribution in [0.15, 0.2) is 18.7 Å². The Hall–Kier alpha value is -0.920. The van der Waals surface area contributed by atoms with Crippen molar-refractivity contribution in [1.29, 1.82) is 0 Å². The van der Waals surface area contributed by atoms with Gasteiger partial charge in [-0.2, -0.15) is 0 Å². The predicted molar refractivity (Wildman–Crippen MR) is 69.0 cm³/mol. The maximum absolute atomic E-state index is 11.1. The van der Waals surface area contributed by atoms with Gasteiger partial charge in [0, 0.05) is 6.54 Å². The van der Waals surface area contributed by atoms with Gasteiger partial charge in [0.05, 0.1) is 12.6 Å². The lowest BCUT2D eigenvalue weighted by Gasteiger charge is -2.25. The van der Waals surface area contributed by atoms with E-state index in [1.54, 1.807) is 0 Å². The monoisotopic (exact) mass is 287 g/mol. The zero-order chi connectivity index (χ0) is 13.9. The maximum atomic E-state index is 11.1. The van der Waals surface area contributed by atoms with E-state index in [9.17, 15) is 13.0 Å². The molecule has 0 radical (unpaired) electrons. The highest BCUT2D eigenvalue weighted by Crippen LogP contribution is 2.19. The van der Waals surface area contributed by atoms with E-state index in [1.807, 2.05) is 23.3 Å². The van der Waals surface area contributed by atoms with Crippen LogP contribution in [0.25, 0.3) is 0 Å². The van der Waals surface area contributed by atoms with Crippen molar-refractivity contribution in [2.24, 2.45) is 0 Å². The summed E-state index contributed by atoms with van der Waals surface area (Å²) in [6, 6.07) is -0.200. The minimum atomic E-state index is -4.32. The molecule has 1 aromatic heterocycles. The van der Waals surface area contributed by atoms with Crippen LogP contribution in [0.4, 0.5) is 0 Å². The zero-order valence-electron chi connectivity index (χ0n) is 11.2. The van der Waals surface area contributed by atoms with Gasteiger partial charge in [-0.3, -0.25) is 0 Å². The first kappa shape index (κ1) is 14.5. The number of unbranched alkanes of at least 4 members (excludes halogenated alkanes) is 1. The van der Waals surface area contributed by atoms with Gasteiger partial charge in [-0.15, -0.1) is 0 Å². The van der Waals surface area contributed by atoms with Crippen molar-refractivity contribution in [2.75, 3.05) is 6.54 Å². The summed E-state index contributed by atoms with van der Waals surface area (Å²) in [7, 11) is -4.32. The van der Waals surface area contributed by atoms with Gasteiger partial charge in [-0.05, 0) is 19.3 Å². The van der Waals surface area contributed by atoms with Crippen LogP contribution in [0.2, 0.25) is 0 Å². The third-order valence-electron chi connectivity index (χ3n) is 3.55. The number of aryl methyl sites for hydroxylation is 1. The molecule has 0 N–H and O–H groups in total. The number of aromatic nitrogens is 2. The molecule has 0 amide bonds. The van der Waals surface area contributed by atoms with Gasteiger partial charge < -0.3 is 4.55 Å². The van der Waals surface area contributed by atoms with Crippen molar-refractivity contribution in [3.05, 3.63) is 18.7 Å². The van der Waals surface area contributed by atoms with Gasteiger partial charge in [-0.1, -0.05) is 13.3 Å². The largest absolute Gasteiger partial charge is 0.735 e.